The topological polar surface area (TPSA) is 58.4 Å². The number of para-hydroxylation sites is 1. The van der Waals surface area contributed by atoms with Gasteiger partial charge in [-0.1, -0.05) is 12.1 Å². The van der Waals surface area contributed by atoms with Gasteiger partial charge < -0.3 is 10.2 Å². The van der Waals surface area contributed by atoms with Gasteiger partial charge in [0.15, 0.2) is 0 Å². The Morgan fingerprint density at radius 1 is 1.56 bits per heavy atom. The van der Waals surface area contributed by atoms with E-state index in [0.29, 0.717) is 11.6 Å². The standard InChI is InChI=1S/C13H19N3O2/c1-10-4-3-5-12(16(17)18)13(10)14-8-11-6-7-15(2)9-11/h3-5,11,14H,6-9H2,1-2H3. The van der Waals surface area contributed by atoms with E-state index in [-0.39, 0.29) is 10.6 Å². The van der Waals surface area contributed by atoms with E-state index in [0.717, 1.165) is 31.6 Å². The van der Waals surface area contributed by atoms with Crippen LogP contribution in [0.4, 0.5) is 11.4 Å². The van der Waals surface area contributed by atoms with Crippen LogP contribution in [0.1, 0.15) is 12.0 Å². The molecule has 0 aliphatic carbocycles. The molecular weight excluding hydrogens is 230 g/mol. The first kappa shape index (κ1) is 12.8. The maximum Gasteiger partial charge on any atom is 0.292 e. The predicted octanol–water partition coefficient (Wildman–Crippen LogP) is 2.27. The second-order valence-electron chi connectivity index (χ2n) is 5.02. The Kier molecular flexibility index (Phi) is 3.81. The third-order valence-corrected chi connectivity index (χ3v) is 3.50. The Bertz CT molecular complexity index is 448. The lowest BCUT2D eigenvalue weighted by molar-refractivity contribution is -0.384. The number of nitro groups is 1. The highest BCUT2D eigenvalue weighted by Crippen LogP contribution is 2.28. The molecule has 1 fully saturated rings. The number of nitro benzene ring substituents is 1. The molecule has 1 aliphatic heterocycles. The third kappa shape index (κ3) is 2.79. The molecular formula is C13H19N3O2. The molecule has 1 aliphatic rings. The Balaban J connectivity index is 2.06. The number of hydrogen-bond donors (Lipinski definition) is 1. The molecule has 1 aromatic rings. The molecule has 0 amide bonds. The van der Waals surface area contributed by atoms with Gasteiger partial charge in [-0.05, 0) is 38.4 Å². The molecule has 0 saturated carbocycles. The molecule has 1 saturated heterocycles. The largest absolute Gasteiger partial charge is 0.379 e. The Morgan fingerprint density at radius 3 is 2.94 bits per heavy atom. The molecule has 1 atom stereocenters. The molecule has 0 bridgehead atoms. The SMILES string of the molecule is Cc1cccc([N+](=O)[O-])c1NCC1CCN(C)C1. The number of aryl methyl sites for hydroxylation is 1. The van der Waals surface area contributed by atoms with Gasteiger partial charge in [0, 0.05) is 19.2 Å². The van der Waals surface area contributed by atoms with E-state index in [9.17, 15) is 10.1 Å². The summed E-state index contributed by atoms with van der Waals surface area (Å²) in [5, 5.41) is 14.2. The summed E-state index contributed by atoms with van der Waals surface area (Å²) < 4.78 is 0. The van der Waals surface area contributed by atoms with E-state index in [4.69, 9.17) is 0 Å². The summed E-state index contributed by atoms with van der Waals surface area (Å²) in [5.74, 6) is 0.578. The van der Waals surface area contributed by atoms with Crippen molar-refractivity contribution >= 4 is 11.4 Å². The van der Waals surface area contributed by atoms with Crippen molar-refractivity contribution in [2.75, 3.05) is 32.0 Å². The molecule has 98 valence electrons. The molecule has 0 spiro atoms. The average molecular weight is 249 g/mol. The highest BCUT2D eigenvalue weighted by atomic mass is 16.6. The lowest BCUT2D eigenvalue weighted by Crippen LogP contribution is -2.19. The first-order valence-corrected chi connectivity index (χ1v) is 6.24. The normalized spacial score (nSPS) is 20.0. The zero-order valence-electron chi connectivity index (χ0n) is 10.8. The Hall–Kier alpha value is -1.62. The van der Waals surface area contributed by atoms with Crippen molar-refractivity contribution in [2.45, 2.75) is 13.3 Å². The molecule has 5 heteroatoms. The molecule has 1 unspecified atom stereocenters. The molecule has 5 nitrogen and oxygen atoms in total. The minimum atomic E-state index is -0.323. The molecule has 1 N–H and O–H groups in total. The lowest BCUT2D eigenvalue weighted by atomic mass is 10.1. The highest BCUT2D eigenvalue weighted by Gasteiger charge is 2.21. The minimum absolute atomic E-state index is 0.168. The summed E-state index contributed by atoms with van der Waals surface area (Å²) in [4.78, 5) is 12.9. The monoisotopic (exact) mass is 249 g/mol. The summed E-state index contributed by atoms with van der Waals surface area (Å²) in [6, 6.07) is 5.17. The fourth-order valence-electron chi connectivity index (χ4n) is 2.47. The number of benzene rings is 1. The van der Waals surface area contributed by atoms with Crippen molar-refractivity contribution < 1.29 is 4.92 Å². The third-order valence-electron chi connectivity index (χ3n) is 3.50. The van der Waals surface area contributed by atoms with Crippen LogP contribution >= 0.6 is 0 Å². The van der Waals surface area contributed by atoms with Gasteiger partial charge in [-0.3, -0.25) is 10.1 Å². The highest BCUT2D eigenvalue weighted by molar-refractivity contribution is 5.65. The second-order valence-corrected chi connectivity index (χ2v) is 5.02. The molecule has 1 heterocycles. The molecule has 0 radical (unpaired) electrons. The van der Waals surface area contributed by atoms with Crippen LogP contribution < -0.4 is 5.32 Å². The smallest absolute Gasteiger partial charge is 0.292 e. The van der Waals surface area contributed by atoms with Gasteiger partial charge in [0.05, 0.1) is 4.92 Å². The molecule has 18 heavy (non-hydrogen) atoms. The summed E-state index contributed by atoms with van der Waals surface area (Å²) in [5.41, 5.74) is 1.76. The van der Waals surface area contributed by atoms with Crippen LogP contribution in [0.25, 0.3) is 0 Å². The number of hydrogen-bond acceptors (Lipinski definition) is 4. The molecule has 0 aromatic heterocycles. The summed E-state index contributed by atoms with van der Waals surface area (Å²) in [6.07, 6.45) is 1.16. The van der Waals surface area contributed by atoms with Crippen molar-refractivity contribution in [3.05, 3.63) is 33.9 Å². The van der Waals surface area contributed by atoms with E-state index in [1.54, 1.807) is 12.1 Å². The number of likely N-dealkylation sites (tertiary alicyclic amines) is 1. The van der Waals surface area contributed by atoms with Crippen molar-refractivity contribution in [1.29, 1.82) is 0 Å². The van der Waals surface area contributed by atoms with E-state index in [1.807, 2.05) is 13.0 Å². The minimum Gasteiger partial charge on any atom is -0.379 e. The fraction of sp³-hybridized carbons (Fsp3) is 0.538. The van der Waals surface area contributed by atoms with Crippen LogP contribution in [-0.2, 0) is 0 Å². The van der Waals surface area contributed by atoms with Crippen molar-refractivity contribution in [3.8, 4) is 0 Å². The van der Waals surface area contributed by atoms with Crippen LogP contribution in [0.5, 0.6) is 0 Å². The van der Waals surface area contributed by atoms with Crippen molar-refractivity contribution in [1.82, 2.24) is 4.90 Å². The van der Waals surface area contributed by atoms with Crippen LogP contribution in [0.15, 0.2) is 18.2 Å². The number of nitrogens with zero attached hydrogens (tertiary/aromatic N) is 2. The van der Waals surface area contributed by atoms with Gasteiger partial charge in [-0.15, -0.1) is 0 Å². The number of anilines is 1. The summed E-state index contributed by atoms with van der Waals surface area (Å²) in [6.45, 7) is 4.88. The predicted molar refractivity (Wildman–Crippen MR) is 71.9 cm³/mol. The van der Waals surface area contributed by atoms with Gasteiger partial charge >= 0.3 is 0 Å². The van der Waals surface area contributed by atoms with Crippen molar-refractivity contribution in [2.24, 2.45) is 5.92 Å². The van der Waals surface area contributed by atoms with E-state index in [2.05, 4.69) is 17.3 Å². The average Bonchev–Trinajstić information content (AvgIpc) is 2.73. The van der Waals surface area contributed by atoms with Gasteiger partial charge in [-0.25, -0.2) is 0 Å². The van der Waals surface area contributed by atoms with Gasteiger partial charge in [0.25, 0.3) is 5.69 Å². The van der Waals surface area contributed by atoms with Crippen LogP contribution in [-0.4, -0.2) is 36.5 Å². The first-order chi connectivity index (χ1) is 8.58. The summed E-state index contributed by atoms with van der Waals surface area (Å²) >= 11 is 0. The van der Waals surface area contributed by atoms with E-state index < -0.39 is 0 Å². The first-order valence-electron chi connectivity index (χ1n) is 6.24. The van der Waals surface area contributed by atoms with E-state index >= 15 is 0 Å². The quantitative estimate of drug-likeness (QED) is 0.657. The van der Waals surface area contributed by atoms with E-state index in [1.165, 1.54) is 0 Å². The van der Waals surface area contributed by atoms with Crippen LogP contribution in [0, 0.1) is 23.0 Å². The maximum absolute atomic E-state index is 11.0. The second kappa shape index (κ2) is 5.35. The number of rotatable bonds is 4. The van der Waals surface area contributed by atoms with Gasteiger partial charge in [0.2, 0.25) is 0 Å². The van der Waals surface area contributed by atoms with Crippen LogP contribution in [0.3, 0.4) is 0 Å². The number of nitrogens with one attached hydrogen (secondary N) is 1. The lowest BCUT2D eigenvalue weighted by Gasteiger charge is -2.14. The molecule has 2 rings (SSSR count). The van der Waals surface area contributed by atoms with Crippen LogP contribution in [0.2, 0.25) is 0 Å². The zero-order valence-corrected chi connectivity index (χ0v) is 10.8. The Morgan fingerprint density at radius 2 is 2.33 bits per heavy atom. The fourth-order valence-corrected chi connectivity index (χ4v) is 2.47. The molecule has 1 aromatic carbocycles. The zero-order chi connectivity index (χ0) is 13.1. The van der Waals surface area contributed by atoms with Gasteiger partial charge in [0.1, 0.15) is 5.69 Å². The summed E-state index contributed by atoms with van der Waals surface area (Å²) in [7, 11) is 2.11. The van der Waals surface area contributed by atoms with Gasteiger partial charge in [-0.2, -0.15) is 0 Å². The maximum atomic E-state index is 11.0. The van der Waals surface area contributed by atoms with Crippen molar-refractivity contribution in [3.63, 3.8) is 0 Å². The Labute approximate surface area is 107 Å².